The summed E-state index contributed by atoms with van der Waals surface area (Å²) in [6.45, 7) is 3.07. The number of carbonyl (C=O) groups is 2. The molecule has 1 amide bonds. The maximum Gasteiger partial charge on any atom is 0.337 e. The highest BCUT2D eigenvalue weighted by Gasteiger charge is 2.20. The molecule has 0 unspecified atom stereocenters. The number of carbonyl (C=O) groups excluding carboxylic acids is 2. The molecule has 1 aliphatic carbocycles. The standard InChI is InChI=1S/C15H20N2O3.ClH/c1-10-3-6-12(15(19)20-2)7-13(10)17-14(18)9-16-8-11-4-5-11;/h3,6-7,11,16H,4-5,8-9H2,1-2H3,(H,17,18);1H. The summed E-state index contributed by atoms with van der Waals surface area (Å²) in [6.07, 6.45) is 2.52. The van der Waals surface area contributed by atoms with Crippen LogP contribution in [0.2, 0.25) is 0 Å². The van der Waals surface area contributed by atoms with Gasteiger partial charge < -0.3 is 15.4 Å². The highest BCUT2D eigenvalue weighted by molar-refractivity contribution is 5.96. The summed E-state index contributed by atoms with van der Waals surface area (Å²) < 4.78 is 4.67. The number of anilines is 1. The second kappa shape index (κ2) is 8.00. The van der Waals surface area contributed by atoms with E-state index in [0.29, 0.717) is 17.8 Å². The summed E-state index contributed by atoms with van der Waals surface area (Å²) in [5.41, 5.74) is 1.98. The molecule has 0 heterocycles. The van der Waals surface area contributed by atoms with Crippen molar-refractivity contribution < 1.29 is 14.3 Å². The number of aryl methyl sites for hydroxylation is 1. The zero-order chi connectivity index (χ0) is 14.5. The lowest BCUT2D eigenvalue weighted by Gasteiger charge is -2.10. The molecule has 1 saturated carbocycles. The van der Waals surface area contributed by atoms with Crippen molar-refractivity contribution in [2.45, 2.75) is 19.8 Å². The average molecular weight is 313 g/mol. The molecule has 0 atom stereocenters. The number of ether oxygens (including phenoxy) is 1. The van der Waals surface area contributed by atoms with Crippen molar-refractivity contribution in [3.05, 3.63) is 29.3 Å². The van der Waals surface area contributed by atoms with Crippen LogP contribution in [0, 0.1) is 12.8 Å². The molecule has 21 heavy (non-hydrogen) atoms. The van der Waals surface area contributed by atoms with Crippen molar-refractivity contribution in [2.75, 3.05) is 25.5 Å². The van der Waals surface area contributed by atoms with E-state index in [1.165, 1.54) is 20.0 Å². The van der Waals surface area contributed by atoms with Crippen molar-refractivity contribution >= 4 is 30.0 Å². The summed E-state index contributed by atoms with van der Waals surface area (Å²) in [5.74, 6) is 0.232. The lowest BCUT2D eigenvalue weighted by atomic mass is 10.1. The first-order valence-corrected chi connectivity index (χ1v) is 6.79. The first-order valence-electron chi connectivity index (χ1n) is 6.79. The summed E-state index contributed by atoms with van der Waals surface area (Å²) in [6, 6.07) is 5.11. The predicted molar refractivity (Wildman–Crippen MR) is 84.0 cm³/mol. The van der Waals surface area contributed by atoms with E-state index in [1.54, 1.807) is 18.2 Å². The molecular formula is C15H21ClN2O3. The van der Waals surface area contributed by atoms with Gasteiger partial charge in [-0.25, -0.2) is 4.79 Å². The number of hydrogen-bond donors (Lipinski definition) is 2. The Balaban J connectivity index is 0.00000220. The molecule has 0 radical (unpaired) electrons. The zero-order valence-corrected chi connectivity index (χ0v) is 13.1. The molecule has 0 saturated heterocycles. The van der Waals surface area contributed by atoms with E-state index < -0.39 is 5.97 Å². The summed E-state index contributed by atoms with van der Waals surface area (Å²) in [4.78, 5) is 23.3. The van der Waals surface area contributed by atoms with E-state index in [1.807, 2.05) is 6.92 Å². The zero-order valence-electron chi connectivity index (χ0n) is 12.3. The third kappa shape index (κ3) is 5.36. The fourth-order valence-electron chi connectivity index (χ4n) is 1.91. The molecule has 0 bridgehead atoms. The Labute approximate surface area is 130 Å². The SMILES string of the molecule is COC(=O)c1ccc(C)c(NC(=O)CNCC2CC2)c1.Cl. The van der Waals surface area contributed by atoms with Crippen molar-refractivity contribution in [3.8, 4) is 0 Å². The summed E-state index contributed by atoms with van der Waals surface area (Å²) in [5, 5.41) is 5.95. The van der Waals surface area contributed by atoms with E-state index in [4.69, 9.17) is 0 Å². The summed E-state index contributed by atoms with van der Waals surface area (Å²) >= 11 is 0. The molecule has 6 heteroatoms. The van der Waals surface area contributed by atoms with Crippen LogP contribution in [-0.2, 0) is 9.53 Å². The van der Waals surface area contributed by atoms with Crippen LogP contribution in [0.15, 0.2) is 18.2 Å². The fourth-order valence-corrected chi connectivity index (χ4v) is 1.91. The van der Waals surface area contributed by atoms with Crippen molar-refractivity contribution in [2.24, 2.45) is 5.92 Å². The van der Waals surface area contributed by atoms with Crippen LogP contribution < -0.4 is 10.6 Å². The van der Waals surface area contributed by atoms with Gasteiger partial charge >= 0.3 is 5.97 Å². The molecule has 1 aromatic rings. The first-order chi connectivity index (χ1) is 9.60. The van der Waals surface area contributed by atoms with Gasteiger partial charge in [-0.15, -0.1) is 12.4 Å². The number of hydrogen-bond acceptors (Lipinski definition) is 4. The molecule has 1 fully saturated rings. The second-order valence-electron chi connectivity index (χ2n) is 5.14. The van der Waals surface area contributed by atoms with Gasteiger partial charge in [0.2, 0.25) is 5.91 Å². The molecule has 2 rings (SSSR count). The molecular weight excluding hydrogens is 292 g/mol. The Hall–Kier alpha value is -1.59. The van der Waals surface area contributed by atoms with E-state index in [0.717, 1.165) is 18.0 Å². The van der Waals surface area contributed by atoms with Crippen molar-refractivity contribution in [1.82, 2.24) is 5.32 Å². The lowest BCUT2D eigenvalue weighted by Crippen LogP contribution is -2.29. The van der Waals surface area contributed by atoms with Crippen LogP contribution in [0.4, 0.5) is 5.69 Å². The smallest absolute Gasteiger partial charge is 0.337 e. The number of amides is 1. The van der Waals surface area contributed by atoms with Gasteiger partial charge in [0.15, 0.2) is 0 Å². The maximum absolute atomic E-state index is 11.8. The fraction of sp³-hybridized carbons (Fsp3) is 0.467. The number of halogens is 1. The van der Waals surface area contributed by atoms with Gasteiger partial charge in [0.1, 0.15) is 0 Å². The molecule has 0 spiro atoms. The lowest BCUT2D eigenvalue weighted by molar-refractivity contribution is -0.115. The topological polar surface area (TPSA) is 67.4 Å². The first kappa shape index (κ1) is 17.5. The van der Waals surface area contributed by atoms with Gasteiger partial charge in [0.25, 0.3) is 0 Å². The Kier molecular flexibility index (Phi) is 6.65. The van der Waals surface area contributed by atoms with E-state index in [-0.39, 0.29) is 18.3 Å². The highest BCUT2D eigenvalue weighted by atomic mass is 35.5. The largest absolute Gasteiger partial charge is 0.465 e. The van der Waals surface area contributed by atoms with Gasteiger partial charge in [-0.1, -0.05) is 6.07 Å². The van der Waals surface area contributed by atoms with E-state index in [2.05, 4.69) is 15.4 Å². The van der Waals surface area contributed by atoms with Crippen LogP contribution in [0.5, 0.6) is 0 Å². The maximum atomic E-state index is 11.8. The van der Waals surface area contributed by atoms with Gasteiger partial charge in [0.05, 0.1) is 19.2 Å². The quantitative estimate of drug-likeness (QED) is 0.790. The monoisotopic (exact) mass is 312 g/mol. The van der Waals surface area contributed by atoms with Crippen LogP contribution in [0.25, 0.3) is 0 Å². The second-order valence-corrected chi connectivity index (χ2v) is 5.14. The highest BCUT2D eigenvalue weighted by Crippen LogP contribution is 2.27. The normalized spacial score (nSPS) is 13.2. The molecule has 0 aromatic heterocycles. The van der Waals surface area contributed by atoms with E-state index >= 15 is 0 Å². The number of methoxy groups -OCH3 is 1. The van der Waals surface area contributed by atoms with Gasteiger partial charge in [0, 0.05) is 5.69 Å². The Bertz CT molecular complexity index is 516. The molecule has 2 N–H and O–H groups in total. The Morgan fingerprint density at radius 1 is 1.33 bits per heavy atom. The minimum Gasteiger partial charge on any atom is -0.465 e. The molecule has 116 valence electrons. The Morgan fingerprint density at radius 3 is 2.67 bits per heavy atom. The number of rotatable bonds is 6. The molecule has 1 aromatic carbocycles. The van der Waals surface area contributed by atoms with Crippen LogP contribution in [0.1, 0.15) is 28.8 Å². The minimum atomic E-state index is -0.410. The van der Waals surface area contributed by atoms with Gasteiger partial charge in [-0.2, -0.15) is 0 Å². The van der Waals surface area contributed by atoms with Gasteiger partial charge in [-0.05, 0) is 49.9 Å². The third-order valence-electron chi connectivity index (χ3n) is 3.35. The van der Waals surface area contributed by atoms with Gasteiger partial charge in [-0.3, -0.25) is 4.79 Å². The summed E-state index contributed by atoms with van der Waals surface area (Å²) in [7, 11) is 1.34. The van der Waals surface area contributed by atoms with Crippen LogP contribution >= 0.6 is 12.4 Å². The minimum absolute atomic E-state index is 0. The number of benzene rings is 1. The number of esters is 1. The molecule has 0 aliphatic heterocycles. The van der Waals surface area contributed by atoms with Crippen molar-refractivity contribution in [1.29, 1.82) is 0 Å². The van der Waals surface area contributed by atoms with Crippen LogP contribution in [0.3, 0.4) is 0 Å². The Morgan fingerprint density at radius 2 is 2.05 bits per heavy atom. The van der Waals surface area contributed by atoms with E-state index in [9.17, 15) is 9.59 Å². The van der Waals surface area contributed by atoms with Crippen LogP contribution in [-0.4, -0.2) is 32.1 Å². The predicted octanol–water partition coefficient (Wildman–Crippen LogP) is 2.14. The average Bonchev–Trinajstić information content (AvgIpc) is 3.24. The number of nitrogens with one attached hydrogen (secondary N) is 2. The molecule has 5 nitrogen and oxygen atoms in total. The van der Waals surface area contributed by atoms with Crippen molar-refractivity contribution in [3.63, 3.8) is 0 Å². The third-order valence-corrected chi connectivity index (χ3v) is 3.35. The molecule has 1 aliphatic rings.